The highest BCUT2D eigenvalue weighted by atomic mass is 16.4. The number of carboxylic acids is 2. The first kappa shape index (κ1) is 41.3. The van der Waals surface area contributed by atoms with Gasteiger partial charge in [0.1, 0.15) is 12.1 Å². The van der Waals surface area contributed by atoms with Crippen molar-refractivity contribution >= 4 is 29.7 Å². The van der Waals surface area contributed by atoms with Crippen LogP contribution in [0, 0.1) is 0 Å². The van der Waals surface area contributed by atoms with E-state index < -0.39 is 24.0 Å². The number of amides is 3. The molecule has 0 radical (unpaired) electrons. The maximum atomic E-state index is 12.8. The van der Waals surface area contributed by atoms with Gasteiger partial charge in [-0.05, 0) is 59.7 Å². The van der Waals surface area contributed by atoms with Gasteiger partial charge in [0.25, 0.3) is 0 Å². The number of carboxylic acid groups (broad SMARTS) is 2. The van der Waals surface area contributed by atoms with Crippen molar-refractivity contribution in [2.75, 3.05) is 40.8 Å². The summed E-state index contributed by atoms with van der Waals surface area (Å²) in [5, 5.41) is 29.0. The molecule has 0 aliphatic carbocycles. The predicted octanol–water partition coefficient (Wildman–Crippen LogP) is 3.43. The summed E-state index contributed by atoms with van der Waals surface area (Å²) < 4.78 is 0. The monoisotopic (exact) mass is 627 g/mol. The Bertz CT molecular complexity index is 810. The zero-order valence-corrected chi connectivity index (χ0v) is 27.6. The molecular weight excluding hydrogens is 566 g/mol. The van der Waals surface area contributed by atoms with Gasteiger partial charge in [0.05, 0.1) is 0 Å². The summed E-state index contributed by atoms with van der Waals surface area (Å²) in [4.78, 5) is 61.3. The molecule has 0 heterocycles. The van der Waals surface area contributed by atoms with E-state index in [-0.39, 0.29) is 37.0 Å². The highest BCUT2D eigenvalue weighted by Gasteiger charge is 2.21. The molecule has 0 fully saturated rings. The number of carbonyl (C=O) groups is 5. The molecule has 0 saturated carbocycles. The third kappa shape index (κ3) is 25.7. The summed E-state index contributed by atoms with van der Waals surface area (Å²) in [7, 11) is 5.42. The standard InChI is InChI=1S/C32H61N5O7/c1-33-27(32(43)44)18-16-17-23-34-28(38)22-21-26(31(42)35-24-25-37(2)3)36-29(39)19-14-12-10-8-6-4-5-7-9-11-13-15-20-30(40)41/h26-27,33H,4-25H2,1-3H3,(H,34,38)(H,35,42)(H,36,39)(H,40,41)(H,43,44)/t26-,27-/m0/s1. The van der Waals surface area contributed by atoms with Gasteiger partial charge in [-0.25, -0.2) is 0 Å². The lowest BCUT2D eigenvalue weighted by atomic mass is 10.0. The molecule has 256 valence electrons. The van der Waals surface area contributed by atoms with E-state index in [0.29, 0.717) is 45.3 Å². The molecule has 12 nitrogen and oxygen atoms in total. The molecule has 44 heavy (non-hydrogen) atoms. The number of nitrogens with one attached hydrogen (secondary N) is 4. The van der Waals surface area contributed by atoms with Crippen LogP contribution in [0.25, 0.3) is 0 Å². The predicted molar refractivity (Wildman–Crippen MR) is 172 cm³/mol. The summed E-state index contributed by atoms with van der Waals surface area (Å²) in [6.45, 7) is 1.54. The molecular formula is C32H61N5O7. The second kappa shape index (κ2) is 27.8. The van der Waals surface area contributed by atoms with Crippen LogP contribution >= 0.6 is 0 Å². The van der Waals surface area contributed by atoms with Crippen LogP contribution in [0.4, 0.5) is 0 Å². The molecule has 0 spiro atoms. The average molecular weight is 628 g/mol. The van der Waals surface area contributed by atoms with Crippen molar-refractivity contribution in [1.82, 2.24) is 26.2 Å². The van der Waals surface area contributed by atoms with Gasteiger partial charge in [-0.2, -0.15) is 0 Å². The van der Waals surface area contributed by atoms with Gasteiger partial charge < -0.3 is 36.4 Å². The van der Waals surface area contributed by atoms with Gasteiger partial charge in [-0.1, -0.05) is 64.2 Å². The van der Waals surface area contributed by atoms with Crippen molar-refractivity contribution < 1.29 is 34.2 Å². The third-order valence-electron chi connectivity index (χ3n) is 7.60. The Morgan fingerprint density at radius 3 is 1.64 bits per heavy atom. The van der Waals surface area contributed by atoms with E-state index in [2.05, 4.69) is 21.3 Å². The van der Waals surface area contributed by atoms with Gasteiger partial charge in [0.2, 0.25) is 17.7 Å². The lowest BCUT2D eigenvalue weighted by molar-refractivity contribution is -0.139. The van der Waals surface area contributed by atoms with Gasteiger partial charge in [0, 0.05) is 38.9 Å². The molecule has 12 heteroatoms. The van der Waals surface area contributed by atoms with Crippen LogP contribution in [-0.4, -0.2) is 97.6 Å². The molecule has 3 amide bonds. The largest absolute Gasteiger partial charge is 0.481 e. The molecule has 0 aromatic heterocycles. The van der Waals surface area contributed by atoms with Gasteiger partial charge in [0.15, 0.2) is 0 Å². The minimum Gasteiger partial charge on any atom is -0.481 e. The topological polar surface area (TPSA) is 177 Å². The fraction of sp³-hybridized carbons (Fsp3) is 0.844. The Morgan fingerprint density at radius 1 is 0.591 bits per heavy atom. The van der Waals surface area contributed by atoms with Crippen LogP contribution < -0.4 is 21.3 Å². The minimum absolute atomic E-state index is 0.102. The SMILES string of the molecule is CN[C@@H](CCCCNC(=O)CC[C@H](NC(=O)CCCCCCCCCCCCCCC(=O)O)C(=O)NCCN(C)C)C(=O)O. The molecule has 0 aromatic rings. The Hall–Kier alpha value is -2.73. The van der Waals surface area contributed by atoms with Gasteiger partial charge in [-0.3, -0.25) is 24.0 Å². The van der Waals surface area contributed by atoms with E-state index >= 15 is 0 Å². The van der Waals surface area contributed by atoms with Gasteiger partial charge >= 0.3 is 11.9 Å². The van der Waals surface area contributed by atoms with Crippen molar-refractivity contribution in [3.63, 3.8) is 0 Å². The second-order valence-corrected chi connectivity index (χ2v) is 11.9. The van der Waals surface area contributed by atoms with Crippen molar-refractivity contribution in [1.29, 1.82) is 0 Å². The number of rotatable bonds is 30. The zero-order valence-electron chi connectivity index (χ0n) is 27.6. The van der Waals surface area contributed by atoms with Crippen molar-refractivity contribution in [3.8, 4) is 0 Å². The summed E-state index contributed by atoms with van der Waals surface area (Å²) in [6, 6.07) is -1.38. The summed E-state index contributed by atoms with van der Waals surface area (Å²) >= 11 is 0. The van der Waals surface area contributed by atoms with E-state index in [1.807, 2.05) is 19.0 Å². The quantitative estimate of drug-likeness (QED) is 0.0651. The Balaban J connectivity index is 4.23. The Morgan fingerprint density at radius 2 is 1.14 bits per heavy atom. The van der Waals surface area contributed by atoms with E-state index in [9.17, 15) is 24.0 Å². The summed E-state index contributed by atoms with van der Waals surface area (Å²) in [5.74, 6) is -2.28. The lowest BCUT2D eigenvalue weighted by Gasteiger charge is -2.19. The maximum Gasteiger partial charge on any atom is 0.320 e. The summed E-state index contributed by atoms with van der Waals surface area (Å²) in [5.41, 5.74) is 0. The molecule has 0 aliphatic heterocycles. The van der Waals surface area contributed by atoms with E-state index in [1.54, 1.807) is 7.05 Å². The molecule has 0 aliphatic rings. The van der Waals surface area contributed by atoms with Crippen LogP contribution in [0.1, 0.15) is 122 Å². The molecule has 0 unspecified atom stereocenters. The fourth-order valence-corrected chi connectivity index (χ4v) is 4.85. The highest BCUT2D eigenvalue weighted by molar-refractivity contribution is 5.88. The maximum absolute atomic E-state index is 12.8. The number of hydrogen-bond donors (Lipinski definition) is 6. The normalized spacial score (nSPS) is 12.5. The minimum atomic E-state index is -0.893. The van der Waals surface area contributed by atoms with Crippen LogP contribution in [0.3, 0.4) is 0 Å². The third-order valence-corrected chi connectivity index (χ3v) is 7.60. The first-order chi connectivity index (χ1) is 21.1. The van der Waals surface area contributed by atoms with Crippen LogP contribution in [0.15, 0.2) is 0 Å². The van der Waals surface area contributed by atoms with Crippen LogP contribution in [0.2, 0.25) is 0 Å². The Labute approximate surface area is 264 Å². The Kier molecular flexibility index (Phi) is 26.1. The first-order valence-electron chi connectivity index (χ1n) is 16.7. The number of likely N-dealkylation sites (N-methyl/N-ethyl adjacent to an activating group) is 2. The molecule has 0 saturated heterocycles. The summed E-state index contributed by atoms with van der Waals surface area (Å²) in [6.07, 6.45) is 15.5. The van der Waals surface area contributed by atoms with Crippen molar-refractivity contribution in [2.24, 2.45) is 0 Å². The van der Waals surface area contributed by atoms with Crippen molar-refractivity contribution in [3.05, 3.63) is 0 Å². The lowest BCUT2D eigenvalue weighted by Crippen LogP contribution is -2.48. The average Bonchev–Trinajstić information content (AvgIpc) is 2.96. The second-order valence-electron chi connectivity index (χ2n) is 11.9. The molecule has 2 atom stereocenters. The smallest absolute Gasteiger partial charge is 0.320 e. The van der Waals surface area contributed by atoms with E-state index in [0.717, 1.165) is 44.9 Å². The number of aliphatic carboxylic acids is 2. The van der Waals surface area contributed by atoms with E-state index in [1.165, 1.54) is 32.1 Å². The number of unbranched alkanes of at least 4 members (excludes halogenated alkanes) is 12. The van der Waals surface area contributed by atoms with Crippen LogP contribution in [0.5, 0.6) is 0 Å². The number of hydrogen-bond acceptors (Lipinski definition) is 7. The van der Waals surface area contributed by atoms with Crippen LogP contribution in [-0.2, 0) is 24.0 Å². The fourth-order valence-electron chi connectivity index (χ4n) is 4.85. The molecule has 6 N–H and O–H groups in total. The van der Waals surface area contributed by atoms with Gasteiger partial charge in [-0.15, -0.1) is 0 Å². The molecule has 0 aromatic carbocycles. The zero-order chi connectivity index (χ0) is 33.0. The molecule has 0 bridgehead atoms. The number of carbonyl (C=O) groups excluding carboxylic acids is 3. The molecule has 0 rings (SSSR count). The first-order valence-corrected chi connectivity index (χ1v) is 16.7. The number of nitrogens with zero attached hydrogens (tertiary/aromatic N) is 1. The van der Waals surface area contributed by atoms with Crippen molar-refractivity contribution in [2.45, 2.75) is 134 Å². The van der Waals surface area contributed by atoms with E-state index in [4.69, 9.17) is 10.2 Å². The highest BCUT2D eigenvalue weighted by Crippen LogP contribution is 2.13.